The zero-order valence-corrected chi connectivity index (χ0v) is 10.4. The predicted molar refractivity (Wildman–Crippen MR) is 62.1 cm³/mol. The Morgan fingerprint density at radius 2 is 2.06 bits per heavy atom. The maximum atomic E-state index is 11.7. The highest BCUT2D eigenvalue weighted by molar-refractivity contribution is 5.68. The number of amides is 1. The maximum absolute atomic E-state index is 11.7. The van der Waals surface area contributed by atoms with Crippen molar-refractivity contribution in [3.63, 3.8) is 0 Å². The number of aliphatic hydroxyl groups is 1. The number of allylic oxidation sites excluding steroid dienone is 1. The number of carbonyl (C=O) groups is 1. The summed E-state index contributed by atoms with van der Waals surface area (Å²) in [6.45, 7) is 8.29. The van der Waals surface area contributed by atoms with Gasteiger partial charge in [0.15, 0.2) is 0 Å². The van der Waals surface area contributed by atoms with E-state index in [1.165, 1.54) is 0 Å². The van der Waals surface area contributed by atoms with Crippen LogP contribution in [0.5, 0.6) is 0 Å². The van der Waals surface area contributed by atoms with Gasteiger partial charge in [0.25, 0.3) is 0 Å². The van der Waals surface area contributed by atoms with Crippen molar-refractivity contribution in [2.24, 2.45) is 5.92 Å². The van der Waals surface area contributed by atoms with E-state index in [2.05, 4.69) is 0 Å². The summed E-state index contributed by atoms with van der Waals surface area (Å²) in [5, 5.41) is 9.74. The number of ether oxygens (including phenoxy) is 1. The van der Waals surface area contributed by atoms with Gasteiger partial charge in [0, 0.05) is 12.5 Å². The van der Waals surface area contributed by atoms with Gasteiger partial charge in [-0.15, -0.1) is 0 Å². The lowest BCUT2D eigenvalue weighted by molar-refractivity contribution is 0.0270. The quantitative estimate of drug-likeness (QED) is 0.695. The third kappa shape index (κ3) is 3.52. The first-order valence-corrected chi connectivity index (χ1v) is 5.62. The lowest BCUT2D eigenvalue weighted by Crippen LogP contribution is -2.35. The molecule has 0 aromatic carbocycles. The number of likely N-dealkylation sites (tertiary alicyclic amines) is 1. The zero-order chi connectivity index (χ0) is 12.3. The molecule has 92 valence electrons. The predicted octanol–water partition coefficient (Wildman–Crippen LogP) is 1.79. The molecule has 4 heteroatoms. The summed E-state index contributed by atoms with van der Waals surface area (Å²) in [7, 11) is 0. The minimum Gasteiger partial charge on any atom is -0.444 e. The standard InChI is InChI=1S/C12H21NO3/c1-5-6-9-7-13(8-10(9)14)11(15)16-12(2,3)4/h5-6,9-10,14H,7-8H2,1-4H3/b6-5+. The summed E-state index contributed by atoms with van der Waals surface area (Å²) in [6, 6.07) is 0. The van der Waals surface area contributed by atoms with E-state index in [1.807, 2.05) is 39.8 Å². The third-order valence-electron chi connectivity index (χ3n) is 2.42. The highest BCUT2D eigenvalue weighted by Gasteiger charge is 2.34. The largest absolute Gasteiger partial charge is 0.444 e. The van der Waals surface area contributed by atoms with Gasteiger partial charge in [0.05, 0.1) is 12.6 Å². The number of hydrogen-bond donors (Lipinski definition) is 1. The first-order valence-electron chi connectivity index (χ1n) is 5.62. The Balaban J connectivity index is 2.55. The van der Waals surface area contributed by atoms with Gasteiger partial charge in [-0.1, -0.05) is 12.2 Å². The summed E-state index contributed by atoms with van der Waals surface area (Å²) in [5.74, 6) is 0.0255. The molecule has 0 radical (unpaired) electrons. The summed E-state index contributed by atoms with van der Waals surface area (Å²) < 4.78 is 5.25. The first-order chi connectivity index (χ1) is 7.33. The fourth-order valence-electron chi connectivity index (χ4n) is 1.72. The van der Waals surface area contributed by atoms with Gasteiger partial charge in [-0.3, -0.25) is 0 Å². The van der Waals surface area contributed by atoms with E-state index in [0.29, 0.717) is 13.1 Å². The average Bonchev–Trinajstić information content (AvgIpc) is 2.46. The molecular formula is C12H21NO3. The van der Waals surface area contributed by atoms with Crippen LogP contribution in [0, 0.1) is 5.92 Å². The Bertz CT molecular complexity index is 280. The summed E-state index contributed by atoms with van der Waals surface area (Å²) in [4.78, 5) is 13.3. The maximum Gasteiger partial charge on any atom is 0.410 e. The van der Waals surface area contributed by atoms with Crippen LogP contribution in [-0.2, 0) is 4.74 Å². The molecule has 0 aromatic rings. The Hall–Kier alpha value is -1.03. The van der Waals surface area contributed by atoms with Crippen molar-refractivity contribution in [1.29, 1.82) is 0 Å². The molecule has 2 atom stereocenters. The molecule has 1 aliphatic rings. The fourth-order valence-corrected chi connectivity index (χ4v) is 1.72. The molecule has 1 rings (SSSR count). The molecule has 0 bridgehead atoms. The number of hydrogen-bond acceptors (Lipinski definition) is 3. The first kappa shape index (κ1) is 13.0. The van der Waals surface area contributed by atoms with Crippen LogP contribution in [0.25, 0.3) is 0 Å². The van der Waals surface area contributed by atoms with Crippen LogP contribution in [0.1, 0.15) is 27.7 Å². The monoisotopic (exact) mass is 227 g/mol. The molecule has 1 aliphatic heterocycles. The Kier molecular flexibility index (Phi) is 3.97. The molecule has 0 saturated carbocycles. The normalized spacial score (nSPS) is 26.4. The molecule has 0 aromatic heterocycles. The Morgan fingerprint density at radius 3 is 2.56 bits per heavy atom. The van der Waals surface area contributed by atoms with Crippen molar-refractivity contribution in [2.75, 3.05) is 13.1 Å². The zero-order valence-electron chi connectivity index (χ0n) is 10.4. The van der Waals surface area contributed by atoms with Crippen LogP contribution < -0.4 is 0 Å². The van der Waals surface area contributed by atoms with Crippen molar-refractivity contribution in [1.82, 2.24) is 4.90 Å². The highest BCUT2D eigenvalue weighted by atomic mass is 16.6. The topological polar surface area (TPSA) is 49.8 Å². The molecule has 16 heavy (non-hydrogen) atoms. The van der Waals surface area contributed by atoms with Crippen molar-refractivity contribution < 1.29 is 14.6 Å². The van der Waals surface area contributed by atoms with Crippen molar-refractivity contribution >= 4 is 6.09 Å². The van der Waals surface area contributed by atoms with Crippen LogP contribution in [0.4, 0.5) is 4.79 Å². The van der Waals surface area contributed by atoms with Crippen LogP contribution in [-0.4, -0.2) is 40.9 Å². The lowest BCUT2D eigenvalue weighted by Gasteiger charge is -2.24. The molecule has 0 spiro atoms. The van der Waals surface area contributed by atoms with E-state index >= 15 is 0 Å². The van der Waals surface area contributed by atoms with Gasteiger partial charge >= 0.3 is 6.09 Å². The molecule has 0 aliphatic carbocycles. The van der Waals surface area contributed by atoms with Crippen LogP contribution in [0.15, 0.2) is 12.2 Å². The number of nitrogens with zero attached hydrogens (tertiary/aromatic N) is 1. The van der Waals surface area contributed by atoms with Crippen LogP contribution >= 0.6 is 0 Å². The summed E-state index contributed by atoms with van der Waals surface area (Å²) >= 11 is 0. The number of rotatable bonds is 1. The molecule has 1 amide bonds. The molecule has 1 N–H and O–H groups in total. The van der Waals surface area contributed by atoms with Gasteiger partial charge in [-0.2, -0.15) is 0 Å². The second kappa shape index (κ2) is 4.87. The van der Waals surface area contributed by atoms with Crippen LogP contribution in [0.3, 0.4) is 0 Å². The summed E-state index contributed by atoms with van der Waals surface area (Å²) in [6.07, 6.45) is 2.99. The number of aliphatic hydroxyl groups excluding tert-OH is 1. The van der Waals surface area contributed by atoms with Gasteiger partial charge in [0.1, 0.15) is 5.60 Å². The number of carbonyl (C=O) groups excluding carboxylic acids is 1. The van der Waals surface area contributed by atoms with E-state index in [1.54, 1.807) is 4.90 Å². The molecule has 1 fully saturated rings. The molecule has 1 saturated heterocycles. The molecule has 2 unspecified atom stereocenters. The number of β-amino-alcohol motifs (C(OH)–C–C–N with tert-alkyl or cyclic N) is 1. The molecular weight excluding hydrogens is 206 g/mol. The third-order valence-corrected chi connectivity index (χ3v) is 2.42. The van der Waals surface area contributed by atoms with E-state index in [-0.39, 0.29) is 12.0 Å². The van der Waals surface area contributed by atoms with Gasteiger partial charge in [0.2, 0.25) is 0 Å². The fraction of sp³-hybridized carbons (Fsp3) is 0.750. The average molecular weight is 227 g/mol. The van der Waals surface area contributed by atoms with Crippen molar-refractivity contribution in [3.8, 4) is 0 Å². The van der Waals surface area contributed by atoms with Crippen molar-refractivity contribution in [3.05, 3.63) is 12.2 Å². The Labute approximate surface area is 96.9 Å². The summed E-state index contributed by atoms with van der Waals surface area (Å²) in [5.41, 5.74) is -0.485. The molecule has 1 heterocycles. The second-order valence-corrected chi connectivity index (χ2v) is 5.14. The van der Waals surface area contributed by atoms with Gasteiger partial charge in [-0.05, 0) is 27.7 Å². The van der Waals surface area contributed by atoms with E-state index < -0.39 is 11.7 Å². The van der Waals surface area contributed by atoms with Gasteiger partial charge < -0.3 is 14.7 Å². The smallest absolute Gasteiger partial charge is 0.410 e. The van der Waals surface area contributed by atoms with E-state index in [0.717, 1.165) is 0 Å². The van der Waals surface area contributed by atoms with Crippen molar-refractivity contribution in [2.45, 2.75) is 39.4 Å². The SMILES string of the molecule is C/C=C/C1CN(C(=O)OC(C)(C)C)CC1O. The van der Waals surface area contributed by atoms with Gasteiger partial charge in [-0.25, -0.2) is 4.79 Å². The minimum atomic E-state index is -0.485. The highest BCUT2D eigenvalue weighted by Crippen LogP contribution is 2.20. The van der Waals surface area contributed by atoms with Crippen LogP contribution in [0.2, 0.25) is 0 Å². The van der Waals surface area contributed by atoms with E-state index in [9.17, 15) is 9.90 Å². The Morgan fingerprint density at radius 1 is 1.44 bits per heavy atom. The van der Waals surface area contributed by atoms with E-state index in [4.69, 9.17) is 4.74 Å². The molecule has 4 nitrogen and oxygen atoms in total. The second-order valence-electron chi connectivity index (χ2n) is 5.14. The minimum absolute atomic E-state index is 0.0255. The lowest BCUT2D eigenvalue weighted by atomic mass is 10.1.